The number of nitrogens with one attached hydrogen (secondary N) is 1. The average Bonchev–Trinajstić information content (AvgIpc) is 2.87. The highest BCUT2D eigenvalue weighted by Gasteiger charge is 2.26. The molecule has 9 nitrogen and oxygen atoms in total. The van der Waals surface area contributed by atoms with E-state index < -0.39 is 16.1 Å². The molecule has 2 aromatic rings. The molecule has 0 fully saturated rings. The van der Waals surface area contributed by atoms with E-state index >= 15 is 0 Å². The fourth-order valence-electron chi connectivity index (χ4n) is 3.76. The zero-order valence-corrected chi connectivity index (χ0v) is 23.6. The molecule has 0 spiro atoms. The maximum Gasteiger partial charge on any atom is 0.242 e. The second-order valence-electron chi connectivity index (χ2n) is 8.60. The highest BCUT2D eigenvalue weighted by atomic mass is 35.5. The molecule has 1 atom stereocenters. The SMILES string of the molecule is CCCNC(=O)[C@@H](C)N(Cc1cccc(OC)c1)C(=O)CCCN(c1ccc(OC)c(Cl)c1)S(C)(=O)=O. The lowest BCUT2D eigenvalue weighted by atomic mass is 10.1. The van der Waals surface area contributed by atoms with E-state index in [2.05, 4.69) is 5.32 Å². The first kappa shape index (κ1) is 30.2. The Morgan fingerprint density at radius 3 is 2.43 bits per heavy atom. The van der Waals surface area contributed by atoms with E-state index in [0.717, 1.165) is 18.2 Å². The molecule has 0 unspecified atom stereocenters. The zero-order chi connectivity index (χ0) is 27.6. The molecular formula is C26H36ClN3O6S. The van der Waals surface area contributed by atoms with Crippen LogP contribution in [0.1, 0.15) is 38.7 Å². The number of carbonyl (C=O) groups is 2. The van der Waals surface area contributed by atoms with Crippen molar-refractivity contribution in [3.8, 4) is 11.5 Å². The Bertz CT molecular complexity index is 1170. The van der Waals surface area contributed by atoms with Gasteiger partial charge in [0.1, 0.15) is 17.5 Å². The molecule has 0 radical (unpaired) electrons. The first-order chi connectivity index (χ1) is 17.5. The highest BCUT2D eigenvalue weighted by Crippen LogP contribution is 2.30. The highest BCUT2D eigenvalue weighted by molar-refractivity contribution is 7.92. The quantitative estimate of drug-likeness (QED) is 0.381. The number of ether oxygens (including phenoxy) is 2. The summed E-state index contributed by atoms with van der Waals surface area (Å²) in [6, 6.07) is 11.3. The van der Waals surface area contributed by atoms with Gasteiger partial charge in [0.15, 0.2) is 0 Å². The zero-order valence-electron chi connectivity index (χ0n) is 22.0. The molecular weight excluding hydrogens is 518 g/mol. The number of hydrogen-bond acceptors (Lipinski definition) is 6. The van der Waals surface area contributed by atoms with Crippen molar-refractivity contribution in [2.45, 2.75) is 45.7 Å². The van der Waals surface area contributed by atoms with Gasteiger partial charge in [0.25, 0.3) is 0 Å². The summed E-state index contributed by atoms with van der Waals surface area (Å²) in [7, 11) is -0.602. The topological polar surface area (TPSA) is 105 Å². The van der Waals surface area contributed by atoms with Crippen molar-refractivity contribution >= 4 is 39.1 Å². The van der Waals surface area contributed by atoms with Crippen LogP contribution in [0.3, 0.4) is 0 Å². The van der Waals surface area contributed by atoms with Gasteiger partial charge in [0, 0.05) is 26.1 Å². The van der Waals surface area contributed by atoms with Gasteiger partial charge in [-0.15, -0.1) is 0 Å². The number of nitrogens with zero attached hydrogens (tertiary/aromatic N) is 2. The molecule has 0 aliphatic heterocycles. The van der Waals surface area contributed by atoms with E-state index in [1.54, 1.807) is 32.2 Å². The molecule has 0 heterocycles. The minimum absolute atomic E-state index is 0.0469. The summed E-state index contributed by atoms with van der Waals surface area (Å²) in [5.41, 5.74) is 1.19. The first-order valence-corrected chi connectivity index (χ1v) is 14.3. The van der Waals surface area contributed by atoms with Gasteiger partial charge in [-0.1, -0.05) is 30.7 Å². The van der Waals surface area contributed by atoms with Crippen molar-refractivity contribution in [1.82, 2.24) is 10.2 Å². The number of halogens is 1. The Hall–Kier alpha value is -2.98. The van der Waals surface area contributed by atoms with Gasteiger partial charge in [0.05, 0.1) is 31.2 Å². The van der Waals surface area contributed by atoms with Gasteiger partial charge in [-0.05, 0) is 55.7 Å². The molecule has 0 saturated carbocycles. The summed E-state index contributed by atoms with van der Waals surface area (Å²) in [6.07, 6.45) is 2.17. The number of hydrogen-bond donors (Lipinski definition) is 1. The van der Waals surface area contributed by atoms with E-state index in [1.165, 1.54) is 22.4 Å². The van der Waals surface area contributed by atoms with Gasteiger partial charge >= 0.3 is 0 Å². The van der Waals surface area contributed by atoms with Crippen molar-refractivity contribution in [2.24, 2.45) is 0 Å². The van der Waals surface area contributed by atoms with E-state index in [9.17, 15) is 18.0 Å². The van der Waals surface area contributed by atoms with Crippen LogP contribution in [-0.2, 0) is 26.2 Å². The van der Waals surface area contributed by atoms with Gasteiger partial charge in [-0.3, -0.25) is 13.9 Å². The molecule has 11 heteroatoms. The summed E-state index contributed by atoms with van der Waals surface area (Å²) < 4.78 is 36.6. The van der Waals surface area contributed by atoms with E-state index in [1.807, 2.05) is 25.1 Å². The number of methoxy groups -OCH3 is 2. The summed E-state index contributed by atoms with van der Waals surface area (Å²) in [4.78, 5) is 27.5. The Morgan fingerprint density at radius 2 is 1.84 bits per heavy atom. The molecule has 1 N–H and O–H groups in total. The largest absolute Gasteiger partial charge is 0.497 e. The van der Waals surface area contributed by atoms with Crippen molar-refractivity contribution in [1.29, 1.82) is 0 Å². The Labute approximate surface area is 224 Å². The maximum atomic E-state index is 13.3. The smallest absolute Gasteiger partial charge is 0.242 e. The van der Waals surface area contributed by atoms with E-state index in [4.69, 9.17) is 21.1 Å². The van der Waals surface area contributed by atoms with Crippen molar-refractivity contribution in [3.05, 3.63) is 53.1 Å². The molecule has 2 amide bonds. The van der Waals surface area contributed by atoms with Crippen LogP contribution in [0.5, 0.6) is 11.5 Å². The molecule has 0 saturated heterocycles. The predicted octanol–water partition coefficient (Wildman–Crippen LogP) is 3.85. The van der Waals surface area contributed by atoms with Crippen LogP contribution in [0.15, 0.2) is 42.5 Å². The number of carbonyl (C=O) groups excluding carboxylic acids is 2. The van der Waals surface area contributed by atoms with Crippen LogP contribution in [0.25, 0.3) is 0 Å². The normalized spacial score (nSPS) is 11.9. The van der Waals surface area contributed by atoms with Crippen molar-refractivity contribution in [3.63, 3.8) is 0 Å². The summed E-state index contributed by atoms with van der Waals surface area (Å²) in [5, 5.41) is 3.12. The lowest BCUT2D eigenvalue weighted by Gasteiger charge is -2.29. The van der Waals surface area contributed by atoms with Gasteiger partial charge in [-0.2, -0.15) is 0 Å². The van der Waals surface area contributed by atoms with Crippen LogP contribution in [-0.4, -0.2) is 64.7 Å². The summed E-state index contributed by atoms with van der Waals surface area (Å²) >= 11 is 6.19. The minimum Gasteiger partial charge on any atom is -0.497 e. The molecule has 2 rings (SSSR count). The summed E-state index contributed by atoms with van der Waals surface area (Å²) in [5.74, 6) is 0.569. The molecule has 0 bridgehead atoms. The van der Waals surface area contributed by atoms with Gasteiger partial charge in [0.2, 0.25) is 21.8 Å². The third-order valence-corrected chi connectivity index (χ3v) is 7.27. The number of benzene rings is 2. The number of amides is 2. The minimum atomic E-state index is -3.64. The first-order valence-electron chi connectivity index (χ1n) is 12.0. The lowest BCUT2D eigenvalue weighted by molar-refractivity contribution is -0.140. The predicted molar refractivity (Wildman–Crippen MR) is 146 cm³/mol. The Kier molecular flexibility index (Phi) is 11.5. The maximum absolute atomic E-state index is 13.3. The van der Waals surface area contributed by atoms with Gasteiger partial charge in [-0.25, -0.2) is 8.42 Å². The molecule has 0 aromatic heterocycles. The van der Waals surface area contributed by atoms with Gasteiger partial charge < -0.3 is 19.7 Å². The Morgan fingerprint density at radius 1 is 1.11 bits per heavy atom. The molecule has 0 aliphatic carbocycles. The standard InChI is InChI=1S/C26H36ClN3O6S/c1-6-14-28-26(32)19(2)29(18-20-9-7-10-22(16-20)35-3)25(31)11-8-15-30(37(5,33)34)21-12-13-24(36-4)23(27)17-21/h7,9-10,12-13,16-17,19H,6,8,11,14-15,18H2,1-5H3,(H,28,32)/t19-/m1/s1. The number of sulfonamides is 1. The van der Waals surface area contributed by atoms with Crippen LogP contribution >= 0.6 is 11.6 Å². The molecule has 204 valence electrons. The van der Waals surface area contributed by atoms with Crippen LogP contribution in [0.4, 0.5) is 5.69 Å². The van der Waals surface area contributed by atoms with E-state index in [0.29, 0.717) is 23.7 Å². The second-order valence-corrected chi connectivity index (χ2v) is 10.9. The van der Waals surface area contributed by atoms with Crippen LogP contribution in [0, 0.1) is 0 Å². The average molecular weight is 554 g/mol. The van der Waals surface area contributed by atoms with Crippen LogP contribution < -0.4 is 19.1 Å². The third-order valence-electron chi connectivity index (χ3n) is 5.78. The molecule has 37 heavy (non-hydrogen) atoms. The second kappa shape index (κ2) is 14.1. The number of rotatable bonds is 14. The summed E-state index contributed by atoms with van der Waals surface area (Å²) in [6.45, 7) is 4.42. The molecule has 0 aliphatic rings. The van der Waals surface area contributed by atoms with Crippen LogP contribution in [0.2, 0.25) is 5.02 Å². The van der Waals surface area contributed by atoms with E-state index in [-0.39, 0.29) is 42.8 Å². The fourth-order valence-corrected chi connectivity index (χ4v) is 4.97. The van der Waals surface area contributed by atoms with Crippen molar-refractivity contribution in [2.75, 3.05) is 37.9 Å². The molecule has 2 aromatic carbocycles. The monoisotopic (exact) mass is 553 g/mol. The third kappa shape index (κ3) is 8.82. The number of anilines is 1. The van der Waals surface area contributed by atoms with Crippen molar-refractivity contribution < 1.29 is 27.5 Å². The Balaban J connectivity index is 2.19. The lowest BCUT2D eigenvalue weighted by Crippen LogP contribution is -2.47. The fraction of sp³-hybridized carbons (Fsp3) is 0.462.